The summed E-state index contributed by atoms with van der Waals surface area (Å²) in [7, 11) is 0. The zero-order valence-corrected chi connectivity index (χ0v) is 12.9. The number of benzene rings is 1. The average Bonchev–Trinajstić information content (AvgIpc) is 2.90. The summed E-state index contributed by atoms with van der Waals surface area (Å²) in [6, 6.07) is 5.54. The van der Waals surface area contributed by atoms with Crippen molar-refractivity contribution in [2.75, 3.05) is 42.6 Å². The number of ether oxygens (including phenoxy) is 1. The van der Waals surface area contributed by atoms with Gasteiger partial charge in [-0.1, -0.05) is 11.6 Å². The first-order valence-electron chi connectivity index (χ1n) is 7.28. The third-order valence-corrected chi connectivity index (χ3v) is 4.42. The fourth-order valence-electron chi connectivity index (χ4n) is 2.87. The van der Waals surface area contributed by atoms with E-state index in [9.17, 15) is 9.59 Å². The molecule has 3 rings (SSSR count). The molecular weight excluding hydrogens is 306 g/mol. The van der Waals surface area contributed by atoms with Gasteiger partial charge in [-0.15, -0.1) is 0 Å². The second-order valence-corrected chi connectivity index (χ2v) is 5.95. The van der Waals surface area contributed by atoms with Crippen LogP contribution in [-0.4, -0.2) is 44.7 Å². The molecule has 2 amide bonds. The molecule has 0 radical (unpaired) electrons. The van der Waals surface area contributed by atoms with Gasteiger partial charge in [-0.2, -0.15) is 0 Å². The Hall–Kier alpha value is -1.79. The van der Waals surface area contributed by atoms with E-state index in [-0.39, 0.29) is 12.3 Å². The van der Waals surface area contributed by atoms with Crippen molar-refractivity contribution in [2.24, 2.45) is 11.7 Å². The summed E-state index contributed by atoms with van der Waals surface area (Å²) < 4.78 is 5.33. The summed E-state index contributed by atoms with van der Waals surface area (Å²) in [6.07, 6.45) is 0.165. The van der Waals surface area contributed by atoms with E-state index in [1.165, 1.54) is 0 Å². The number of nitrogens with two attached hydrogens (primary N) is 1. The second-order valence-electron chi connectivity index (χ2n) is 5.54. The maximum absolute atomic E-state index is 12.0. The van der Waals surface area contributed by atoms with E-state index in [1.54, 1.807) is 11.0 Å². The third-order valence-electron chi connectivity index (χ3n) is 4.12. The van der Waals surface area contributed by atoms with Gasteiger partial charge < -0.3 is 20.3 Å². The van der Waals surface area contributed by atoms with Crippen molar-refractivity contribution in [3.05, 3.63) is 23.2 Å². The fourth-order valence-corrected chi connectivity index (χ4v) is 3.17. The SMILES string of the molecule is NC(=O)C1CC(=O)N(c2ccc(N3CCOCC3)c(Cl)c2)C1. The lowest BCUT2D eigenvalue weighted by Crippen LogP contribution is -2.36. The topological polar surface area (TPSA) is 75.9 Å². The number of carbonyl (C=O) groups excluding carboxylic acids is 2. The number of rotatable bonds is 3. The Morgan fingerprint density at radius 2 is 2.05 bits per heavy atom. The smallest absolute Gasteiger partial charge is 0.227 e. The Bertz CT molecular complexity index is 602. The third kappa shape index (κ3) is 2.89. The Kier molecular flexibility index (Phi) is 4.22. The monoisotopic (exact) mass is 323 g/mol. The van der Waals surface area contributed by atoms with Crippen LogP contribution in [0.5, 0.6) is 0 Å². The number of hydrogen-bond acceptors (Lipinski definition) is 4. The van der Waals surface area contributed by atoms with Crippen molar-refractivity contribution < 1.29 is 14.3 Å². The molecule has 0 aliphatic carbocycles. The second kappa shape index (κ2) is 6.14. The van der Waals surface area contributed by atoms with E-state index in [1.807, 2.05) is 12.1 Å². The predicted octanol–water partition coefficient (Wildman–Crippen LogP) is 1.01. The number of amides is 2. The molecule has 0 spiro atoms. The summed E-state index contributed by atoms with van der Waals surface area (Å²) in [4.78, 5) is 27.0. The molecule has 2 N–H and O–H groups in total. The molecular formula is C15H18ClN3O3. The molecule has 0 aromatic heterocycles. The van der Waals surface area contributed by atoms with Crippen LogP contribution in [-0.2, 0) is 14.3 Å². The van der Waals surface area contributed by atoms with Gasteiger partial charge in [-0.05, 0) is 18.2 Å². The highest BCUT2D eigenvalue weighted by atomic mass is 35.5. The van der Waals surface area contributed by atoms with Crippen molar-refractivity contribution in [1.82, 2.24) is 0 Å². The molecule has 7 heteroatoms. The lowest BCUT2D eigenvalue weighted by Gasteiger charge is -2.30. The van der Waals surface area contributed by atoms with Gasteiger partial charge in [0.05, 0.1) is 29.8 Å². The maximum Gasteiger partial charge on any atom is 0.227 e. The minimum atomic E-state index is -0.438. The number of nitrogens with zero attached hydrogens (tertiary/aromatic N) is 2. The number of hydrogen-bond donors (Lipinski definition) is 1. The Morgan fingerprint density at radius 1 is 1.32 bits per heavy atom. The lowest BCUT2D eigenvalue weighted by atomic mass is 10.1. The van der Waals surface area contributed by atoms with Crippen molar-refractivity contribution in [3.8, 4) is 0 Å². The number of carbonyl (C=O) groups is 2. The van der Waals surface area contributed by atoms with Crippen LogP contribution >= 0.6 is 11.6 Å². The van der Waals surface area contributed by atoms with Crippen LogP contribution in [0.1, 0.15) is 6.42 Å². The molecule has 2 aliphatic heterocycles. The molecule has 1 atom stereocenters. The van der Waals surface area contributed by atoms with Crippen LogP contribution in [0.2, 0.25) is 5.02 Å². The minimum absolute atomic E-state index is 0.0982. The summed E-state index contributed by atoms with van der Waals surface area (Å²) >= 11 is 6.38. The molecule has 1 aromatic carbocycles. The first-order chi connectivity index (χ1) is 10.6. The zero-order valence-electron chi connectivity index (χ0n) is 12.1. The standard InChI is InChI=1S/C15H18ClN3O3/c16-12-8-11(19-9-10(15(17)21)7-14(19)20)1-2-13(12)18-3-5-22-6-4-18/h1-2,8,10H,3-7,9H2,(H2,17,21). The average molecular weight is 324 g/mol. The van der Waals surface area contributed by atoms with Crippen LogP contribution < -0.4 is 15.5 Å². The molecule has 1 unspecified atom stereocenters. The van der Waals surface area contributed by atoms with Crippen LogP contribution in [0.3, 0.4) is 0 Å². The highest BCUT2D eigenvalue weighted by molar-refractivity contribution is 6.33. The van der Waals surface area contributed by atoms with Gasteiger partial charge >= 0.3 is 0 Å². The van der Waals surface area contributed by atoms with E-state index in [2.05, 4.69) is 4.90 Å². The molecule has 2 aliphatic rings. The molecule has 22 heavy (non-hydrogen) atoms. The number of halogens is 1. The lowest BCUT2D eigenvalue weighted by molar-refractivity contribution is -0.123. The molecule has 1 aromatic rings. The molecule has 6 nitrogen and oxygen atoms in total. The normalized spacial score (nSPS) is 22.2. The quantitative estimate of drug-likeness (QED) is 0.901. The summed E-state index contributed by atoms with van der Waals surface area (Å²) in [5.74, 6) is -0.962. The molecule has 118 valence electrons. The van der Waals surface area contributed by atoms with Gasteiger partial charge in [0.2, 0.25) is 11.8 Å². The number of morpholine rings is 1. The van der Waals surface area contributed by atoms with Crippen molar-refractivity contribution >= 4 is 34.8 Å². The van der Waals surface area contributed by atoms with Gasteiger partial charge in [0, 0.05) is 31.7 Å². The molecule has 2 fully saturated rings. The molecule has 2 saturated heterocycles. The summed E-state index contributed by atoms with van der Waals surface area (Å²) in [6.45, 7) is 3.28. The molecule has 0 bridgehead atoms. The predicted molar refractivity (Wildman–Crippen MR) is 84.1 cm³/mol. The van der Waals surface area contributed by atoms with E-state index < -0.39 is 11.8 Å². The highest BCUT2D eigenvalue weighted by Gasteiger charge is 2.34. The first-order valence-corrected chi connectivity index (χ1v) is 7.66. The Balaban J connectivity index is 1.80. The van der Waals surface area contributed by atoms with Crippen molar-refractivity contribution in [1.29, 1.82) is 0 Å². The van der Waals surface area contributed by atoms with Gasteiger partial charge in [0.1, 0.15) is 0 Å². The van der Waals surface area contributed by atoms with Gasteiger partial charge in [-0.25, -0.2) is 0 Å². The molecule has 2 heterocycles. The fraction of sp³-hybridized carbons (Fsp3) is 0.467. The largest absolute Gasteiger partial charge is 0.378 e. The molecule has 0 saturated carbocycles. The minimum Gasteiger partial charge on any atom is -0.378 e. The van der Waals surface area contributed by atoms with Crippen LogP contribution in [0.4, 0.5) is 11.4 Å². The summed E-state index contributed by atoms with van der Waals surface area (Å²) in [5.41, 5.74) is 6.93. The van der Waals surface area contributed by atoms with E-state index in [0.717, 1.165) is 18.8 Å². The maximum atomic E-state index is 12.0. The Labute approximate surface area is 133 Å². The van der Waals surface area contributed by atoms with Crippen LogP contribution in [0.25, 0.3) is 0 Å². The number of primary amides is 1. The van der Waals surface area contributed by atoms with Crippen LogP contribution in [0, 0.1) is 5.92 Å². The highest BCUT2D eigenvalue weighted by Crippen LogP contribution is 2.33. The van der Waals surface area contributed by atoms with Gasteiger partial charge in [0.15, 0.2) is 0 Å². The zero-order chi connectivity index (χ0) is 15.7. The van der Waals surface area contributed by atoms with E-state index >= 15 is 0 Å². The first kappa shape index (κ1) is 15.1. The van der Waals surface area contributed by atoms with Crippen molar-refractivity contribution in [2.45, 2.75) is 6.42 Å². The summed E-state index contributed by atoms with van der Waals surface area (Å²) in [5, 5.41) is 0.592. The van der Waals surface area contributed by atoms with Crippen LogP contribution in [0.15, 0.2) is 18.2 Å². The van der Waals surface area contributed by atoms with Gasteiger partial charge in [0.25, 0.3) is 0 Å². The van der Waals surface area contributed by atoms with Crippen molar-refractivity contribution in [3.63, 3.8) is 0 Å². The Morgan fingerprint density at radius 3 is 2.64 bits per heavy atom. The van der Waals surface area contributed by atoms with Gasteiger partial charge in [-0.3, -0.25) is 9.59 Å². The van der Waals surface area contributed by atoms with E-state index in [4.69, 9.17) is 22.1 Å². The number of anilines is 2. The van der Waals surface area contributed by atoms with E-state index in [0.29, 0.717) is 30.5 Å².